The summed E-state index contributed by atoms with van der Waals surface area (Å²) in [6.45, 7) is 3.81. The van der Waals surface area contributed by atoms with E-state index < -0.39 is 10.0 Å². The van der Waals surface area contributed by atoms with E-state index in [9.17, 15) is 18.0 Å². The molecule has 2 aromatic rings. The predicted octanol–water partition coefficient (Wildman–Crippen LogP) is 2.31. The first-order valence-electron chi connectivity index (χ1n) is 9.83. The van der Waals surface area contributed by atoms with Crippen LogP contribution < -0.4 is 10.6 Å². The molecule has 1 aliphatic rings. The van der Waals surface area contributed by atoms with Crippen molar-refractivity contribution in [3.05, 3.63) is 48.5 Å². The molecular weight excluding hydrogens is 436 g/mol. The number of amides is 2. The quantitative estimate of drug-likeness (QED) is 0.613. The van der Waals surface area contributed by atoms with Crippen LogP contribution in [0, 0.1) is 0 Å². The van der Waals surface area contributed by atoms with Gasteiger partial charge >= 0.3 is 0 Å². The van der Waals surface area contributed by atoms with E-state index in [0.717, 1.165) is 4.90 Å². The van der Waals surface area contributed by atoms with Crippen LogP contribution in [0.25, 0.3) is 0 Å². The molecule has 0 aliphatic carbocycles. The number of hydrogen-bond donors (Lipinski definition) is 2. The van der Waals surface area contributed by atoms with Crippen LogP contribution in [-0.4, -0.2) is 68.4 Å². The first-order valence-corrected chi connectivity index (χ1v) is 12.3. The van der Waals surface area contributed by atoms with Gasteiger partial charge in [0.25, 0.3) is 0 Å². The molecule has 2 amide bonds. The summed E-state index contributed by atoms with van der Waals surface area (Å²) in [4.78, 5) is 26.5. The molecule has 8 nitrogen and oxygen atoms in total. The molecule has 3 rings (SSSR count). The minimum absolute atomic E-state index is 0.137. The number of piperazine rings is 1. The SMILES string of the molecule is CC(=O)Nc1ccc(SCC(=O)Nc2ccc(S(=O)(=O)N3CCN(C)CC3)cc2)cc1. The zero-order valence-corrected chi connectivity index (χ0v) is 19.1. The van der Waals surface area contributed by atoms with Crippen molar-refractivity contribution in [3.8, 4) is 0 Å². The highest BCUT2D eigenvalue weighted by Crippen LogP contribution is 2.22. The minimum atomic E-state index is -3.52. The molecule has 2 N–H and O–H groups in total. The highest BCUT2D eigenvalue weighted by molar-refractivity contribution is 8.00. The Labute approximate surface area is 187 Å². The van der Waals surface area contributed by atoms with Gasteiger partial charge in [-0.3, -0.25) is 9.59 Å². The first-order chi connectivity index (χ1) is 14.7. The molecule has 166 valence electrons. The van der Waals surface area contributed by atoms with Crippen molar-refractivity contribution in [1.82, 2.24) is 9.21 Å². The second kappa shape index (κ2) is 10.3. The molecule has 10 heteroatoms. The third-order valence-corrected chi connectivity index (χ3v) is 7.71. The normalized spacial score (nSPS) is 15.4. The molecule has 0 unspecified atom stereocenters. The van der Waals surface area contributed by atoms with Gasteiger partial charge in [-0.05, 0) is 55.6 Å². The van der Waals surface area contributed by atoms with Crippen LogP contribution in [0.1, 0.15) is 6.92 Å². The largest absolute Gasteiger partial charge is 0.326 e. The lowest BCUT2D eigenvalue weighted by Crippen LogP contribution is -2.46. The van der Waals surface area contributed by atoms with E-state index in [1.54, 1.807) is 24.3 Å². The van der Waals surface area contributed by atoms with Crippen LogP contribution in [0.4, 0.5) is 11.4 Å². The van der Waals surface area contributed by atoms with Gasteiger partial charge in [0.05, 0.1) is 10.6 Å². The predicted molar refractivity (Wildman–Crippen MR) is 123 cm³/mol. The summed E-state index contributed by atoms with van der Waals surface area (Å²) in [5.74, 6) is -0.117. The minimum Gasteiger partial charge on any atom is -0.326 e. The van der Waals surface area contributed by atoms with Gasteiger partial charge < -0.3 is 15.5 Å². The third-order valence-electron chi connectivity index (χ3n) is 4.78. The molecule has 0 spiro atoms. The average Bonchev–Trinajstić information content (AvgIpc) is 2.73. The van der Waals surface area contributed by atoms with Crippen molar-refractivity contribution in [2.75, 3.05) is 49.6 Å². The summed E-state index contributed by atoms with van der Waals surface area (Å²) in [5.41, 5.74) is 1.25. The van der Waals surface area contributed by atoms with Gasteiger partial charge in [-0.15, -0.1) is 11.8 Å². The maximum absolute atomic E-state index is 12.8. The van der Waals surface area contributed by atoms with Crippen molar-refractivity contribution in [2.45, 2.75) is 16.7 Å². The Morgan fingerprint density at radius 3 is 2.03 bits per heavy atom. The standard InChI is InChI=1S/C21H26N4O4S2/c1-16(26)22-17-3-7-19(8-4-17)30-15-21(27)23-18-5-9-20(10-6-18)31(28,29)25-13-11-24(2)12-14-25/h3-10H,11-15H2,1-2H3,(H,22,26)(H,23,27). The molecular formula is C21H26N4O4S2. The summed E-state index contributed by atoms with van der Waals surface area (Å²) >= 11 is 1.37. The first kappa shape index (κ1) is 23.3. The Morgan fingerprint density at radius 1 is 0.903 bits per heavy atom. The van der Waals surface area contributed by atoms with E-state index in [2.05, 4.69) is 15.5 Å². The fourth-order valence-electron chi connectivity index (χ4n) is 3.07. The molecule has 0 atom stereocenters. The number of benzene rings is 2. The van der Waals surface area contributed by atoms with Crippen LogP contribution in [0.5, 0.6) is 0 Å². The van der Waals surface area contributed by atoms with Crippen molar-refractivity contribution in [2.24, 2.45) is 0 Å². The summed E-state index contributed by atoms with van der Waals surface area (Å²) in [5, 5.41) is 5.47. The lowest BCUT2D eigenvalue weighted by Gasteiger charge is -2.31. The molecule has 1 saturated heterocycles. The molecule has 31 heavy (non-hydrogen) atoms. The van der Waals surface area contributed by atoms with Gasteiger partial charge in [-0.25, -0.2) is 8.42 Å². The monoisotopic (exact) mass is 462 g/mol. The van der Waals surface area contributed by atoms with Crippen molar-refractivity contribution >= 4 is 45.0 Å². The second-order valence-electron chi connectivity index (χ2n) is 7.27. The lowest BCUT2D eigenvalue weighted by molar-refractivity contribution is -0.114. The lowest BCUT2D eigenvalue weighted by atomic mass is 10.3. The Hall–Kier alpha value is -2.40. The van der Waals surface area contributed by atoms with Crippen molar-refractivity contribution in [3.63, 3.8) is 0 Å². The molecule has 0 bridgehead atoms. The number of rotatable bonds is 7. The zero-order chi connectivity index (χ0) is 22.4. The number of nitrogens with zero attached hydrogens (tertiary/aromatic N) is 2. The van der Waals surface area contributed by atoms with Crippen LogP contribution >= 0.6 is 11.8 Å². The van der Waals surface area contributed by atoms with Gasteiger partial charge in [0.1, 0.15) is 0 Å². The average molecular weight is 463 g/mol. The molecule has 2 aromatic carbocycles. The fraction of sp³-hybridized carbons (Fsp3) is 0.333. The second-order valence-corrected chi connectivity index (χ2v) is 10.3. The summed E-state index contributed by atoms with van der Waals surface area (Å²) in [7, 11) is -1.55. The fourth-order valence-corrected chi connectivity index (χ4v) is 5.19. The number of hydrogen-bond acceptors (Lipinski definition) is 6. The van der Waals surface area contributed by atoms with E-state index in [1.165, 1.54) is 35.1 Å². The maximum Gasteiger partial charge on any atom is 0.243 e. The van der Waals surface area contributed by atoms with Crippen LogP contribution in [0.15, 0.2) is 58.3 Å². The van der Waals surface area contributed by atoms with Crippen molar-refractivity contribution in [1.29, 1.82) is 0 Å². The molecule has 1 heterocycles. The number of nitrogens with one attached hydrogen (secondary N) is 2. The van der Waals surface area contributed by atoms with Gasteiger partial charge in [0, 0.05) is 49.4 Å². The van der Waals surface area contributed by atoms with Gasteiger partial charge in [0.15, 0.2) is 0 Å². The number of sulfonamides is 1. The van der Waals surface area contributed by atoms with E-state index >= 15 is 0 Å². The van der Waals surface area contributed by atoms with Gasteiger partial charge in [0.2, 0.25) is 21.8 Å². The van der Waals surface area contributed by atoms with Crippen LogP contribution in [-0.2, 0) is 19.6 Å². The Balaban J connectivity index is 1.52. The molecule has 1 fully saturated rings. The summed E-state index contributed by atoms with van der Waals surface area (Å²) in [6, 6.07) is 13.5. The van der Waals surface area contributed by atoms with Gasteiger partial charge in [-0.2, -0.15) is 4.31 Å². The molecule has 0 saturated carbocycles. The number of likely N-dealkylation sites (N-methyl/N-ethyl adjacent to an activating group) is 1. The molecule has 0 aromatic heterocycles. The zero-order valence-electron chi connectivity index (χ0n) is 17.5. The maximum atomic E-state index is 12.8. The third kappa shape index (κ3) is 6.54. The van der Waals surface area contributed by atoms with Gasteiger partial charge in [-0.1, -0.05) is 0 Å². The van der Waals surface area contributed by atoms with E-state index in [0.29, 0.717) is 37.6 Å². The number of anilines is 2. The topological polar surface area (TPSA) is 98.8 Å². The van der Waals surface area contributed by atoms with Crippen LogP contribution in [0.3, 0.4) is 0 Å². The van der Waals surface area contributed by atoms with Crippen molar-refractivity contribution < 1.29 is 18.0 Å². The Morgan fingerprint density at radius 2 is 1.45 bits per heavy atom. The highest BCUT2D eigenvalue weighted by atomic mass is 32.2. The van der Waals surface area contributed by atoms with E-state index in [-0.39, 0.29) is 22.5 Å². The number of thioether (sulfide) groups is 1. The highest BCUT2D eigenvalue weighted by Gasteiger charge is 2.27. The summed E-state index contributed by atoms with van der Waals surface area (Å²) < 4.78 is 27.0. The molecule has 0 radical (unpaired) electrons. The number of carbonyl (C=O) groups is 2. The Kier molecular flexibility index (Phi) is 7.71. The van der Waals surface area contributed by atoms with Crippen LogP contribution in [0.2, 0.25) is 0 Å². The smallest absolute Gasteiger partial charge is 0.243 e. The summed E-state index contributed by atoms with van der Waals surface area (Å²) in [6.07, 6.45) is 0. The Bertz CT molecular complexity index is 1020. The van der Waals surface area contributed by atoms with E-state index in [1.807, 2.05) is 19.2 Å². The van der Waals surface area contributed by atoms with E-state index in [4.69, 9.17) is 0 Å². The molecule has 1 aliphatic heterocycles. The number of carbonyl (C=O) groups excluding carboxylic acids is 2.